The number of aromatic hydroxyl groups is 1. The van der Waals surface area contributed by atoms with E-state index in [2.05, 4.69) is 11.4 Å². The van der Waals surface area contributed by atoms with Crippen molar-refractivity contribution in [2.45, 2.75) is 12.6 Å². The molecule has 86 valence electrons. The normalized spacial score (nSPS) is 18.1. The largest absolute Gasteiger partial charge is 0.508 e. The minimum absolute atomic E-state index is 0.0140. The lowest BCUT2D eigenvalue weighted by Gasteiger charge is -2.15. The summed E-state index contributed by atoms with van der Waals surface area (Å²) in [6.07, 6.45) is 0. The maximum atomic E-state index is 9.90. The Morgan fingerprint density at radius 1 is 1.12 bits per heavy atom. The van der Waals surface area contributed by atoms with Gasteiger partial charge in [0.05, 0.1) is 6.04 Å². The van der Waals surface area contributed by atoms with Crippen molar-refractivity contribution in [3.63, 3.8) is 0 Å². The monoisotopic (exact) mass is 245 g/mol. The molecule has 0 saturated carbocycles. The van der Waals surface area contributed by atoms with E-state index in [0.29, 0.717) is 5.75 Å². The smallest absolute Gasteiger partial charge is 0.120 e. The van der Waals surface area contributed by atoms with Gasteiger partial charge in [0.15, 0.2) is 0 Å². The second-order valence-electron chi connectivity index (χ2n) is 4.19. The fraction of sp³-hybridized carbons (Fsp3) is 0.143. The van der Waals surface area contributed by atoms with Crippen LogP contribution >= 0.6 is 11.6 Å². The minimum atomic E-state index is -0.0140. The van der Waals surface area contributed by atoms with Gasteiger partial charge < -0.3 is 10.4 Å². The fourth-order valence-electron chi connectivity index (χ4n) is 2.37. The highest BCUT2D eigenvalue weighted by atomic mass is 35.5. The van der Waals surface area contributed by atoms with E-state index in [1.165, 1.54) is 5.56 Å². The zero-order valence-corrected chi connectivity index (χ0v) is 9.91. The molecule has 1 heterocycles. The van der Waals surface area contributed by atoms with Crippen LogP contribution in [0.15, 0.2) is 42.5 Å². The maximum Gasteiger partial charge on any atom is 0.120 e. The van der Waals surface area contributed by atoms with Crippen molar-refractivity contribution in [3.05, 3.63) is 64.2 Å². The lowest BCUT2D eigenvalue weighted by Crippen LogP contribution is -2.13. The molecule has 3 rings (SSSR count). The number of hydrogen-bond donors (Lipinski definition) is 2. The van der Waals surface area contributed by atoms with Crippen LogP contribution in [0.2, 0.25) is 5.02 Å². The molecule has 0 amide bonds. The third kappa shape index (κ3) is 1.70. The molecule has 2 aromatic carbocycles. The van der Waals surface area contributed by atoms with Crippen LogP contribution in [0.4, 0.5) is 0 Å². The quantitative estimate of drug-likeness (QED) is 0.809. The molecular formula is C14H12ClNO. The van der Waals surface area contributed by atoms with E-state index in [9.17, 15) is 5.11 Å². The number of hydrogen-bond acceptors (Lipinski definition) is 2. The summed E-state index contributed by atoms with van der Waals surface area (Å²) < 4.78 is 0. The summed E-state index contributed by atoms with van der Waals surface area (Å²) in [6.45, 7) is 0.787. The van der Waals surface area contributed by atoms with Crippen LogP contribution in [0.25, 0.3) is 0 Å². The molecule has 1 aliphatic rings. The molecule has 0 spiro atoms. The maximum absolute atomic E-state index is 9.90. The number of phenolic OH excluding ortho intramolecular Hbond substituents is 1. The standard InChI is InChI=1S/C14H12ClNO/c15-11-6-3-4-9-8-16-14(13(9)11)10-5-1-2-7-12(10)17/h1-7,14,16-17H,8H2. The van der Waals surface area contributed by atoms with Gasteiger partial charge in [0.1, 0.15) is 5.75 Å². The third-order valence-corrected chi connectivity index (χ3v) is 3.51. The lowest BCUT2D eigenvalue weighted by molar-refractivity contribution is 0.460. The van der Waals surface area contributed by atoms with E-state index in [4.69, 9.17) is 11.6 Å². The van der Waals surface area contributed by atoms with E-state index < -0.39 is 0 Å². The Labute approximate surface area is 105 Å². The van der Waals surface area contributed by atoms with Crippen molar-refractivity contribution >= 4 is 11.6 Å². The second kappa shape index (κ2) is 4.06. The molecule has 1 aliphatic heterocycles. The Morgan fingerprint density at radius 3 is 2.76 bits per heavy atom. The summed E-state index contributed by atoms with van der Waals surface area (Å²) in [4.78, 5) is 0. The number of benzene rings is 2. The number of fused-ring (bicyclic) bond motifs is 1. The number of phenols is 1. The van der Waals surface area contributed by atoms with E-state index in [0.717, 1.165) is 22.7 Å². The van der Waals surface area contributed by atoms with Gasteiger partial charge in [-0.2, -0.15) is 0 Å². The molecule has 1 unspecified atom stereocenters. The highest BCUT2D eigenvalue weighted by Gasteiger charge is 2.27. The predicted octanol–water partition coefficient (Wildman–Crippen LogP) is 3.24. The molecule has 0 aliphatic carbocycles. The Morgan fingerprint density at radius 2 is 1.94 bits per heavy atom. The van der Waals surface area contributed by atoms with Gasteiger partial charge in [0, 0.05) is 17.1 Å². The average molecular weight is 246 g/mol. The molecule has 0 saturated heterocycles. The molecule has 2 aromatic rings. The Kier molecular flexibility index (Phi) is 2.54. The molecule has 3 heteroatoms. The van der Waals surface area contributed by atoms with Gasteiger partial charge in [-0.25, -0.2) is 0 Å². The van der Waals surface area contributed by atoms with Crippen LogP contribution < -0.4 is 5.32 Å². The fourth-order valence-corrected chi connectivity index (χ4v) is 2.67. The Balaban J connectivity index is 2.13. The first-order valence-corrected chi connectivity index (χ1v) is 5.94. The van der Waals surface area contributed by atoms with E-state index in [1.807, 2.05) is 30.3 Å². The van der Waals surface area contributed by atoms with E-state index >= 15 is 0 Å². The minimum Gasteiger partial charge on any atom is -0.508 e. The van der Waals surface area contributed by atoms with Gasteiger partial charge in [-0.15, -0.1) is 0 Å². The van der Waals surface area contributed by atoms with Crippen LogP contribution in [0.1, 0.15) is 22.7 Å². The topological polar surface area (TPSA) is 32.3 Å². The van der Waals surface area contributed by atoms with Crippen molar-refractivity contribution in [1.29, 1.82) is 0 Å². The van der Waals surface area contributed by atoms with Crippen LogP contribution in [0, 0.1) is 0 Å². The summed E-state index contributed by atoms with van der Waals surface area (Å²) in [5.41, 5.74) is 3.15. The molecule has 2 N–H and O–H groups in total. The van der Waals surface area contributed by atoms with Gasteiger partial charge >= 0.3 is 0 Å². The highest BCUT2D eigenvalue weighted by molar-refractivity contribution is 6.31. The highest BCUT2D eigenvalue weighted by Crippen LogP contribution is 2.38. The Bertz CT molecular complexity index is 568. The number of rotatable bonds is 1. The number of halogens is 1. The van der Waals surface area contributed by atoms with Crippen molar-refractivity contribution in [2.24, 2.45) is 0 Å². The van der Waals surface area contributed by atoms with Gasteiger partial charge in [-0.1, -0.05) is 41.9 Å². The SMILES string of the molecule is Oc1ccccc1C1NCc2cccc(Cl)c21. The van der Waals surface area contributed by atoms with E-state index in [-0.39, 0.29) is 6.04 Å². The molecule has 17 heavy (non-hydrogen) atoms. The van der Waals surface area contributed by atoms with Crippen molar-refractivity contribution in [2.75, 3.05) is 0 Å². The molecule has 0 bridgehead atoms. The number of nitrogens with one attached hydrogen (secondary N) is 1. The summed E-state index contributed by atoms with van der Waals surface area (Å²) in [5.74, 6) is 0.303. The Hall–Kier alpha value is -1.51. The van der Waals surface area contributed by atoms with Crippen LogP contribution in [-0.2, 0) is 6.54 Å². The molecule has 0 radical (unpaired) electrons. The molecule has 0 aromatic heterocycles. The van der Waals surface area contributed by atoms with Gasteiger partial charge in [-0.3, -0.25) is 0 Å². The van der Waals surface area contributed by atoms with Crippen LogP contribution in [0.5, 0.6) is 5.75 Å². The molecule has 0 fully saturated rings. The summed E-state index contributed by atoms with van der Waals surface area (Å²) >= 11 is 6.24. The molecule has 1 atom stereocenters. The summed E-state index contributed by atoms with van der Waals surface area (Å²) in [7, 11) is 0. The number of para-hydroxylation sites is 1. The average Bonchev–Trinajstić information content (AvgIpc) is 2.75. The first kappa shape index (κ1) is 10.6. The second-order valence-corrected chi connectivity index (χ2v) is 4.59. The first-order chi connectivity index (χ1) is 8.27. The van der Waals surface area contributed by atoms with Crippen molar-refractivity contribution < 1.29 is 5.11 Å². The van der Waals surface area contributed by atoms with Gasteiger partial charge in [0.25, 0.3) is 0 Å². The third-order valence-electron chi connectivity index (χ3n) is 3.18. The first-order valence-electron chi connectivity index (χ1n) is 5.56. The summed E-state index contributed by atoms with van der Waals surface area (Å²) in [5, 5.41) is 14.0. The van der Waals surface area contributed by atoms with Gasteiger partial charge in [-0.05, 0) is 23.3 Å². The van der Waals surface area contributed by atoms with Crippen molar-refractivity contribution in [1.82, 2.24) is 5.32 Å². The predicted molar refractivity (Wildman–Crippen MR) is 68.2 cm³/mol. The van der Waals surface area contributed by atoms with Crippen molar-refractivity contribution in [3.8, 4) is 5.75 Å². The zero-order chi connectivity index (χ0) is 11.8. The molecule has 2 nitrogen and oxygen atoms in total. The lowest BCUT2D eigenvalue weighted by atomic mass is 9.98. The molecular weight excluding hydrogens is 234 g/mol. The van der Waals surface area contributed by atoms with Crippen LogP contribution in [-0.4, -0.2) is 5.11 Å². The zero-order valence-electron chi connectivity index (χ0n) is 9.15. The van der Waals surface area contributed by atoms with E-state index in [1.54, 1.807) is 6.07 Å². The van der Waals surface area contributed by atoms with Gasteiger partial charge in [0.2, 0.25) is 0 Å². The summed E-state index contributed by atoms with van der Waals surface area (Å²) in [6, 6.07) is 13.3. The van der Waals surface area contributed by atoms with Crippen LogP contribution in [0.3, 0.4) is 0 Å².